The fourth-order valence-corrected chi connectivity index (χ4v) is 2.88. The molecule has 1 aromatic rings. The Kier molecular flexibility index (Phi) is 3.78. The number of carbonyl (C=O) groups excluding carboxylic acids is 1. The third-order valence-electron chi connectivity index (χ3n) is 3.18. The summed E-state index contributed by atoms with van der Waals surface area (Å²) >= 11 is 1.46. The fourth-order valence-electron chi connectivity index (χ4n) is 2.24. The first-order valence-corrected chi connectivity index (χ1v) is 6.68. The average Bonchev–Trinajstić information content (AvgIpc) is 2.83. The van der Waals surface area contributed by atoms with E-state index in [1.54, 1.807) is 11.4 Å². The monoisotopic (exact) mass is 253 g/mol. The van der Waals surface area contributed by atoms with Gasteiger partial charge in [-0.05, 0) is 24.3 Å². The summed E-state index contributed by atoms with van der Waals surface area (Å²) in [6.07, 6.45) is 3.33. The number of carboxylic acids is 1. The summed E-state index contributed by atoms with van der Waals surface area (Å²) in [5.41, 5.74) is 0.615. The van der Waals surface area contributed by atoms with E-state index in [0.717, 1.165) is 19.3 Å². The number of hydrogen-bond donors (Lipinski definition) is 2. The highest BCUT2D eigenvalue weighted by Crippen LogP contribution is 2.25. The van der Waals surface area contributed by atoms with Crippen molar-refractivity contribution < 1.29 is 14.7 Å². The molecule has 1 aliphatic carbocycles. The van der Waals surface area contributed by atoms with Crippen LogP contribution < -0.4 is 5.32 Å². The van der Waals surface area contributed by atoms with Crippen molar-refractivity contribution in [3.8, 4) is 0 Å². The maximum absolute atomic E-state index is 11.8. The predicted octanol–water partition coefficient (Wildman–Crippen LogP) is 2.12. The molecule has 2 unspecified atom stereocenters. The van der Waals surface area contributed by atoms with E-state index >= 15 is 0 Å². The molecule has 0 aliphatic heterocycles. The second kappa shape index (κ2) is 5.31. The lowest BCUT2D eigenvalue weighted by Crippen LogP contribution is -2.45. The number of rotatable bonds is 3. The van der Waals surface area contributed by atoms with Gasteiger partial charge in [0, 0.05) is 17.0 Å². The molecule has 4 nitrogen and oxygen atoms in total. The predicted molar refractivity (Wildman–Crippen MR) is 65.2 cm³/mol. The lowest BCUT2D eigenvalue weighted by Gasteiger charge is -2.29. The third kappa shape index (κ3) is 2.85. The third-order valence-corrected chi connectivity index (χ3v) is 3.87. The highest BCUT2D eigenvalue weighted by molar-refractivity contribution is 7.08. The normalized spacial score (nSPS) is 24.2. The zero-order valence-corrected chi connectivity index (χ0v) is 10.2. The quantitative estimate of drug-likeness (QED) is 0.867. The van der Waals surface area contributed by atoms with Crippen molar-refractivity contribution in [2.75, 3.05) is 0 Å². The molecule has 2 atom stereocenters. The number of amides is 1. The standard InChI is InChI=1S/C12H15NO3S/c14-11(8-5-6-17-7-8)13-10-4-2-1-3-9(10)12(15)16/h5-7,9-10H,1-4H2,(H,13,14)(H,15,16). The lowest BCUT2D eigenvalue weighted by atomic mass is 9.84. The first kappa shape index (κ1) is 12.1. The molecule has 92 valence electrons. The smallest absolute Gasteiger partial charge is 0.308 e. The van der Waals surface area contributed by atoms with Gasteiger partial charge in [-0.25, -0.2) is 0 Å². The van der Waals surface area contributed by atoms with Gasteiger partial charge in [0.25, 0.3) is 5.91 Å². The van der Waals surface area contributed by atoms with E-state index in [1.165, 1.54) is 11.3 Å². The van der Waals surface area contributed by atoms with E-state index in [9.17, 15) is 9.59 Å². The van der Waals surface area contributed by atoms with Crippen LogP contribution in [0, 0.1) is 5.92 Å². The van der Waals surface area contributed by atoms with Crippen molar-refractivity contribution in [2.24, 2.45) is 5.92 Å². The second-order valence-electron chi connectivity index (χ2n) is 4.32. The molecule has 1 fully saturated rings. The van der Waals surface area contributed by atoms with Crippen molar-refractivity contribution in [3.63, 3.8) is 0 Å². The van der Waals surface area contributed by atoms with Gasteiger partial charge in [0.05, 0.1) is 5.92 Å². The van der Waals surface area contributed by atoms with Gasteiger partial charge in [-0.2, -0.15) is 11.3 Å². The molecule has 0 spiro atoms. The van der Waals surface area contributed by atoms with Gasteiger partial charge < -0.3 is 10.4 Å². The average molecular weight is 253 g/mol. The Morgan fingerprint density at radius 2 is 2.12 bits per heavy atom. The van der Waals surface area contributed by atoms with Crippen molar-refractivity contribution >= 4 is 23.2 Å². The van der Waals surface area contributed by atoms with Crippen molar-refractivity contribution in [2.45, 2.75) is 31.7 Å². The molecule has 1 aromatic heterocycles. The fraction of sp³-hybridized carbons (Fsp3) is 0.500. The number of carbonyl (C=O) groups is 2. The van der Waals surface area contributed by atoms with E-state index in [1.807, 2.05) is 5.38 Å². The van der Waals surface area contributed by atoms with Crippen LogP contribution in [0.25, 0.3) is 0 Å². The summed E-state index contributed by atoms with van der Waals surface area (Å²) in [5.74, 6) is -1.41. The summed E-state index contributed by atoms with van der Waals surface area (Å²) in [7, 11) is 0. The topological polar surface area (TPSA) is 66.4 Å². The Bertz CT molecular complexity index is 402. The molecule has 2 rings (SSSR count). The van der Waals surface area contributed by atoms with Crippen LogP contribution in [0.1, 0.15) is 36.0 Å². The van der Waals surface area contributed by atoms with Gasteiger partial charge in [0.15, 0.2) is 0 Å². The molecule has 1 saturated carbocycles. The second-order valence-corrected chi connectivity index (χ2v) is 5.10. The molecule has 17 heavy (non-hydrogen) atoms. The van der Waals surface area contributed by atoms with Crippen LogP contribution in [0.15, 0.2) is 16.8 Å². The molecule has 1 heterocycles. The van der Waals surface area contributed by atoms with Gasteiger partial charge in [0.1, 0.15) is 0 Å². The molecular formula is C12H15NO3S. The van der Waals surface area contributed by atoms with Crippen LogP contribution >= 0.6 is 11.3 Å². The molecule has 2 N–H and O–H groups in total. The van der Waals surface area contributed by atoms with Crippen LogP contribution in [0.2, 0.25) is 0 Å². The van der Waals surface area contributed by atoms with Crippen molar-refractivity contribution in [3.05, 3.63) is 22.4 Å². The van der Waals surface area contributed by atoms with Crippen LogP contribution in [0.3, 0.4) is 0 Å². The van der Waals surface area contributed by atoms with Crippen LogP contribution in [0.5, 0.6) is 0 Å². The first-order valence-electron chi connectivity index (χ1n) is 5.74. The minimum absolute atomic E-state index is 0.163. The van der Waals surface area contributed by atoms with Crippen LogP contribution in [-0.4, -0.2) is 23.0 Å². The van der Waals surface area contributed by atoms with E-state index in [-0.39, 0.29) is 11.9 Å². The number of carboxylic acid groups (broad SMARTS) is 1. The van der Waals surface area contributed by atoms with E-state index in [0.29, 0.717) is 12.0 Å². The largest absolute Gasteiger partial charge is 0.481 e. The number of thiophene rings is 1. The molecular weight excluding hydrogens is 238 g/mol. The SMILES string of the molecule is O=C(NC1CCCCC1C(=O)O)c1ccsc1. The highest BCUT2D eigenvalue weighted by Gasteiger charge is 2.31. The summed E-state index contributed by atoms with van der Waals surface area (Å²) in [4.78, 5) is 22.9. The molecule has 0 aromatic carbocycles. The summed E-state index contributed by atoms with van der Waals surface area (Å²) in [5, 5.41) is 15.6. The lowest BCUT2D eigenvalue weighted by molar-refractivity contribution is -0.143. The highest BCUT2D eigenvalue weighted by atomic mass is 32.1. The maximum Gasteiger partial charge on any atom is 0.308 e. The molecule has 1 amide bonds. The number of nitrogens with one attached hydrogen (secondary N) is 1. The number of hydrogen-bond acceptors (Lipinski definition) is 3. The minimum atomic E-state index is -0.805. The zero-order chi connectivity index (χ0) is 12.3. The van der Waals surface area contributed by atoms with Gasteiger partial charge in [-0.1, -0.05) is 12.8 Å². The molecule has 1 aliphatic rings. The van der Waals surface area contributed by atoms with Crippen LogP contribution in [-0.2, 0) is 4.79 Å². The van der Waals surface area contributed by atoms with Gasteiger partial charge in [-0.3, -0.25) is 9.59 Å². The minimum Gasteiger partial charge on any atom is -0.481 e. The Balaban J connectivity index is 2.01. The molecule has 0 radical (unpaired) electrons. The molecule has 0 bridgehead atoms. The Labute approximate surface area is 104 Å². The summed E-state index contributed by atoms with van der Waals surface area (Å²) < 4.78 is 0. The van der Waals surface area contributed by atoms with Gasteiger partial charge >= 0.3 is 5.97 Å². The summed E-state index contributed by atoms with van der Waals surface area (Å²) in [6, 6.07) is 1.52. The zero-order valence-electron chi connectivity index (χ0n) is 9.39. The van der Waals surface area contributed by atoms with Crippen molar-refractivity contribution in [1.29, 1.82) is 0 Å². The van der Waals surface area contributed by atoms with E-state index < -0.39 is 11.9 Å². The van der Waals surface area contributed by atoms with Crippen molar-refractivity contribution in [1.82, 2.24) is 5.32 Å². The molecule has 0 saturated heterocycles. The van der Waals surface area contributed by atoms with Crippen LogP contribution in [0.4, 0.5) is 0 Å². The van der Waals surface area contributed by atoms with Gasteiger partial charge in [0.2, 0.25) is 0 Å². The molecule has 5 heteroatoms. The van der Waals surface area contributed by atoms with E-state index in [4.69, 9.17) is 5.11 Å². The first-order chi connectivity index (χ1) is 8.18. The Morgan fingerprint density at radius 1 is 1.35 bits per heavy atom. The Morgan fingerprint density at radius 3 is 2.76 bits per heavy atom. The maximum atomic E-state index is 11.8. The Hall–Kier alpha value is -1.36. The number of aliphatic carboxylic acids is 1. The van der Waals surface area contributed by atoms with Gasteiger partial charge in [-0.15, -0.1) is 0 Å². The summed E-state index contributed by atoms with van der Waals surface area (Å²) in [6.45, 7) is 0. The van der Waals surface area contributed by atoms with E-state index in [2.05, 4.69) is 5.32 Å².